The molecule has 1 aromatic heterocycles. The Balaban J connectivity index is 2.91. The summed E-state index contributed by atoms with van der Waals surface area (Å²) < 4.78 is 1.91. The van der Waals surface area contributed by atoms with Gasteiger partial charge in [0.2, 0.25) is 5.78 Å². The minimum absolute atomic E-state index is 0.00819. The van der Waals surface area contributed by atoms with E-state index in [1.165, 1.54) is 0 Å². The molecule has 0 radical (unpaired) electrons. The van der Waals surface area contributed by atoms with E-state index in [9.17, 15) is 4.79 Å². The van der Waals surface area contributed by atoms with Crippen LogP contribution in [0.3, 0.4) is 0 Å². The number of rotatable bonds is 4. The van der Waals surface area contributed by atoms with Gasteiger partial charge >= 0.3 is 0 Å². The second-order valence-electron chi connectivity index (χ2n) is 3.58. The second kappa shape index (κ2) is 4.77. The Morgan fingerprint density at radius 3 is 2.80 bits per heavy atom. The molecule has 4 nitrogen and oxygen atoms in total. The fraction of sp³-hybridized carbons (Fsp3) is 0.455. The molecule has 1 aromatic rings. The van der Waals surface area contributed by atoms with E-state index in [4.69, 9.17) is 0 Å². The molecule has 0 aromatic carbocycles. The smallest absolute Gasteiger partial charge is 0.205 e. The van der Waals surface area contributed by atoms with Crippen LogP contribution in [-0.2, 0) is 6.54 Å². The topological polar surface area (TPSA) is 38.1 Å². The zero-order valence-electron chi connectivity index (χ0n) is 9.69. The number of ketones is 1. The van der Waals surface area contributed by atoms with Gasteiger partial charge in [-0.25, -0.2) is 4.98 Å². The SMILES string of the molecule is CCn1c(C(=O)C=CN(C)C)cnc1C. The van der Waals surface area contributed by atoms with Gasteiger partial charge in [-0.05, 0) is 13.8 Å². The molecular formula is C11H17N3O. The number of carbonyl (C=O) groups excluding carboxylic acids is 1. The van der Waals surface area contributed by atoms with Gasteiger partial charge in [-0.2, -0.15) is 0 Å². The van der Waals surface area contributed by atoms with Crippen LogP contribution in [0, 0.1) is 6.92 Å². The Labute approximate surface area is 90.2 Å². The van der Waals surface area contributed by atoms with Crippen LogP contribution in [0.25, 0.3) is 0 Å². The molecule has 1 rings (SSSR count). The lowest BCUT2D eigenvalue weighted by Gasteiger charge is -2.05. The first-order chi connectivity index (χ1) is 7.06. The Kier molecular flexibility index (Phi) is 3.66. The molecule has 15 heavy (non-hydrogen) atoms. The van der Waals surface area contributed by atoms with E-state index in [0.717, 1.165) is 12.4 Å². The van der Waals surface area contributed by atoms with Gasteiger partial charge in [0.15, 0.2) is 0 Å². The molecule has 0 aliphatic rings. The van der Waals surface area contributed by atoms with Crippen molar-refractivity contribution in [3.05, 3.63) is 30.0 Å². The number of aryl methyl sites for hydroxylation is 1. The van der Waals surface area contributed by atoms with E-state index in [0.29, 0.717) is 5.69 Å². The molecule has 0 aliphatic heterocycles. The lowest BCUT2D eigenvalue weighted by Crippen LogP contribution is -2.09. The Morgan fingerprint density at radius 2 is 2.27 bits per heavy atom. The van der Waals surface area contributed by atoms with E-state index in [2.05, 4.69) is 4.98 Å². The minimum Gasteiger partial charge on any atom is -0.383 e. The van der Waals surface area contributed by atoms with Crippen molar-refractivity contribution in [3.63, 3.8) is 0 Å². The fourth-order valence-electron chi connectivity index (χ4n) is 1.37. The summed E-state index contributed by atoms with van der Waals surface area (Å²) in [5.74, 6) is 0.866. The molecule has 0 aliphatic carbocycles. The molecule has 0 fully saturated rings. The number of allylic oxidation sites excluding steroid dienone is 1. The second-order valence-corrected chi connectivity index (χ2v) is 3.58. The molecule has 0 saturated heterocycles. The number of hydrogen-bond donors (Lipinski definition) is 0. The largest absolute Gasteiger partial charge is 0.383 e. The van der Waals surface area contributed by atoms with Crippen molar-refractivity contribution in [1.82, 2.24) is 14.5 Å². The quantitative estimate of drug-likeness (QED) is 0.554. The van der Waals surface area contributed by atoms with Gasteiger partial charge in [0, 0.05) is 32.9 Å². The Morgan fingerprint density at radius 1 is 1.60 bits per heavy atom. The summed E-state index contributed by atoms with van der Waals surface area (Å²) in [6.45, 7) is 4.67. The van der Waals surface area contributed by atoms with Crippen LogP contribution in [0.1, 0.15) is 23.2 Å². The highest BCUT2D eigenvalue weighted by atomic mass is 16.1. The van der Waals surface area contributed by atoms with Crippen molar-refractivity contribution in [2.45, 2.75) is 20.4 Å². The maximum absolute atomic E-state index is 11.8. The molecule has 0 spiro atoms. The molecule has 0 amide bonds. The van der Waals surface area contributed by atoms with Crippen LogP contribution in [-0.4, -0.2) is 34.3 Å². The number of aromatic nitrogens is 2. The highest BCUT2D eigenvalue weighted by Gasteiger charge is 2.10. The van der Waals surface area contributed by atoms with Crippen LogP contribution in [0.4, 0.5) is 0 Å². The third-order valence-electron chi connectivity index (χ3n) is 2.15. The molecule has 4 heteroatoms. The zero-order chi connectivity index (χ0) is 11.4. The minimum atomic E-state index is -0.00819. The van der Waals surface area contributed by atoms with Gasteiger partial charge in [0.05, 0.1) is 6.20 Å². The van der Waals surface area contributed by atoms with E-state index in [-0.39, 0.29) is 5.78 Å². The third-order valence-corrected chi connectivity index (χ3v) is 2.15. The van der Waals surface area contributed by atoms with Gasteiger partial charge in [0.1, 0.15) is 11.5 Å². The maximum atomic E-state index is 11.8. The summed E-state index contributed by atoms with van der Waals surface area (Å²) in [7, 11) is 3.76. The van der Waals surface area contributed by atoms with Crippen LogP contribution in [0.2, 0.25) is 0 Å². The molecule has 0 bridgehead atoms. The third kappa shape index (κ3) is 2.68. The van der Waals surface area contributed by atoms with Gasteiger partial charge in [-0.1, -0.05) is 0 Å². The van der Waals surface area contributed by atoms with Crippen LogP contribution < -0.4 is 0 Å². The number of carbonyl (C=O) groups is 1. The summed E-state index contributed by atoms with van der Waals surface area (Å²) in [4.78, 5) is 17.7. The van der Waals surface area contributed by atoms with Crippen molar-refractivity contribution in [3.8, 4) is 0 Å². The fourth-order valence-corrected chi connectivity index (χ4v) is 1.37. The van der Waals surface area contributed by atoms with Gasteiger partial charge in [0.25, 0.3) is 0 Å². The number of imidazole rings is 1. The van der Waals surface area contributed by atoms with Crippen molar-refractivity contribution >= 4 is 5.78 Å². The first kappa shape index (κ1) is 11.5. The van der Waals surface area contributed by atoms with E-state index >= 15 is 0 Å². The van der Waals surface area contributed by atoms with Crippen molar-refractivity contribution in [2.24, 2.45) is 0 Å². The summed E-state index contributed by atoms with van der Waals surface area (Å²) in [6.07, 6.45) is 4.93. The molecule has 1 heterocycles. The molecule has 0 atom stereocenters. The normalized spacial score (nSPS) is 10.9. The summed E-state index contributed by atoms with van der Waals surface area (Å²) in [5, 5.41) is 0. The molecule has 82 valence electrons. The van der Waals surface area contributed by atoms with Crippen molar-refractivity contribution < 1.29 is 4.79 Å². The zero-order valence-corrected chi connectivity index (χ0v) is 9.69. The lowest BCUT2D eigenvalue weighted by molar-refractivity contribution is 0.103. The Bertz CT molecular complexity index is 377. The highest BCUT2D eigenvalue weighted by molar-refractivity contribution is 6.03. The number of nitrogens with zero attached hydrogens (tertiary/aromatic N) is 3. The highest BCUT2D eigenvalue weighted by Crippen LogP contribution is 2.06. The maximum Gasteiger partial charge on any atom is 0.205 e. The van der Waals surface area contributed by atoms with E-state index in [1.807, 2.05) is 37.4 Å². The molecule has 0 unspecified atom stereocenters. The molecular weight excluding hydrogens is 190 g/mol. The van der Waals surface area contributed by atoms with Gasteiger partial charge in [-0.3, -0.25) is 4.79 Å². The van der Waals surface area contributed by atoms with Crippen molar-refractivity contribution in [2.75, 3.05) is 14.1 Å². The van der Waals surface area contributed by atoms with Crippen molar-refractivity contribution in [1.29, 1.82) is 0 Å². The van der Waals surface area contributed by atoms with Gasteiger partial charge in [-0.15, -0.1) is 0 Å². The van der Waals surface area contributed by atoms with E-state index in [1.54, 1.807) is 18.5 Å². The van der Waals surface area contributed by atoms with Crippen LogP contribution >= 0.6 is 0 Å². The average Bonchev–Trinajstić information content (AvgIpc) is 2.55. The monoisotopic (exact) mass is 207 g/mol. The molecule has 0 saturated carbocycles. The summed E-state index contributed by atoms with van der Waals surface area (Å²) in [5.41, 5.74) is 0.646. The Hall–Kier alpha value is -1.58. The summed E-state index contributed by atoms with van der Waals surface area (Å²) in [6, 6.07) is 0. The first-order valence-electron chi connectivity index (χ1n) is 4.97. The number of hydrogen-bond acceptors (Lipinski definition) is 3. The lowest BCUT2D eigenvalue weighted by atomic mass is 10.3. The average molecular weight is 207 g/mol. The van der Waals surface area contributed by atoms with Crippen LogP contribution in [0.5, 0.6) is 0 Å². The van der Waals surface area contributed by atoms with E-state index < -0.39 is 0 Å². The predicted molar refractivity (Wildman–Crippen MR) is 59.8 cm³/mol. The molecule has 0 N–H and O–H groups in total. The standard InChI is InChI=1S/C11H17N3O/c1-5-14-9(2)12-8-10(14)11(15)6-7-13(3)4/h6-8H,5H2,1-4H3. The first-order valence-corrected chi connectivity index (χ1v) is 4.97. The van der Waals surface area contributed by atoms with Crippen LogP contribution in [0.15, 0.2) is 18.5 Å². The van der Waals surface area contributed by atoms with Gasteiger partial charge < -0.3 is 9.47 Å². The predicted octanol–water partition coefficient (Wildman–Crippen LogP) is 1.47. The summed E-state index contributed by atoms with van der Waals surface area (Å²) >= 11 is 0.